The van der Waals surface area contributed by atoms with Gasteiger partial charge in [-0.3, -0.25) is 0 Å². The Morgan fingerprint density at radius 2 is 2.00 bits per heavy atom. The summed E-state index contributed by atoms with van der Waals surface area (Å²) in [5.74, 6) is 0. The summed E-state index contributed by atoms with van der Waals surface area (Å²) < 4.78 is 0. The number of carbonyl (C=O) groups is 1. The Hall–Kier alpha value is -1.97. The van der Waals surface area contributed by atoms with Crippen LogP contribution in [0, 0.1) is 0 Å². The van der Waals surface area contributed by atoms with Crippen molar-refractivity contribution in [2.45, 2.75) is 32.4 Å². The number of nitrogens with one attached hydrogen (secondary N) is 2. The van der Waals surface area contributed by atoms with Gasteiger partial charge in [0.25, 0.3) is 0 Å². The molecule has 0 fully saturated rings. The lowest BCUT2D eigenvalue weighted by Crippen LogP contribution is -2.40. The van der Waals surface area contributed by atoms with Crippen molar-refractivity contribution in [1.29, 1.82) is 0 Å². The van der Waals surface area contributed by atoms with Crippen LogP contribution in [0.5, 0.6) is 0 Å². The first-order valence-electron chi connectivity index (χ1n) is 7.19. The van der Waals surface area contributed by atoms with E-state index >= 15 is 0 Å². The molecule has 0 aliphatic heterocycles. The van der Waals surface area contributed by atoms with Crippen LogP contribution in [0.4, 0.5) is 10.5 Å². The third-order valence-electron chi connectivity index (χ3n) is 3.66. The summed E-state index contributed by atoms with van der Waals surface area (Å²) in [6, 6.07) is 8.33. The van der Waals surface area contributed by atoms with Crippen molar-refractivity contribution < 1.29 is 4.79 Å². The van der Waals surface area contributed by atoms with Crippen molar-refractivity contribution in [2.75, 3.05) is 18.5 Å². The van der Waals surface area contributed by atoms with E-state index in [0.717, 1.165) is 30.6 Å². The van der Waals surface area contributed by atoms with E-state index in [-0.39, 0.29) is 12.1 Å². The predicted molar refractivity (Wildman–Crippen MR) is 82.9 cm³/mol. The molecular weight excluding hydrogens is 250 g/mol. The zero-order valence-electron chi connectivity index (χ0n) is 12.2. The topological polar surface area (TPSA) is 44.4 Å². The maximum atomic E-state index is 11.9. The van der Waals surface area contributed by atoms with Crippen LogP contribution in [0.1, 0.15) is 25.3 Å². The van der Waals surface area contributed by atoms with Crippen LogP contribution in [0.25, 0.3) is 0 Å². The molecule has 0 atom stereocenters. The first kappa shape index (κ1) is 14.4. The van der Waals surface area contributed by atoms with Crippen molar-refractivity contribution in [3.8, 4) is 0 Å². The number of hydrogen-bond acceptors (Lipinski definition) is 2. The molecule has 1 aromatic carbocycles. The minimum atomic E-state index is -0.0901. The average Bonchev–Trinajstić information content (AvgIpc) is 2.97. The van der Waals surface area contributed by atoms with E-state index in [9.17, 15) is 4.79 Å². The Morgan fingerprint density at radius 1 is 1.30 bits per heavy atom. The Labute approximate surface area is 120 Å². The number of benzene rings is 1. The van der Waals surface area contributed by atoms with Crippen LogP contribution in [0.3, 0.4) is 0 Å². The van der Waals surface area contributed by atoms with Crippen molar-refractivity contribution in [3.63, 3.8) is 0 Å². The Morgan fingerprint density at radius 3 is 2.70 bits per heavy atom. The van der Waals surface area contributed by atoms with Gasteiger partial charge in [-0.15, -0.1) is 0 Å². The number of hydrogen-bond donors (Lipinski definition) is 2. The largest absolute Gasteiger partial charge is 0.375 e. The standard InChI is InChI=1S/C16H23N3O/c1-3-19(2)15-11-7-4-8-13(15)12-17-16(20)18-14-9-5-6-10-14/h4-8,11,14H,3,9-10,12H2,1-2H3,(H2,17,18,20). The van der Waals surface area contributed by atoms with Gasteiger partial charge < -0.3 is 15.5 Å². The molecule has 0 unspecified atom stereocenters. The number of rotatable bonds is 5. The maximum absolute atomic E-state index is 11.9. The molecule has 2 rings (SSSR count). The second-order valence-corrected chi connectivity index (χ2v) is 5.11. The van der Waals surface area contributed by atoms with Crippen LogP contribution in [0.2, 0.25) is 0 Å². The molecule has 0 saturated heterocycles. The van der Waals surface area contributed by atoms with Crippen LogP contribution in [-0.4, -0.2) is 25.7 Å². The van der Waals surface area contributed by atoms with Gasteiger partial charge in [-0.25, -0.2) is 4.79 Å². The summed E-state index contributed by atoms with van der Waals surface area (Å²) in [4.78, 5) is 14.0. The highest BCUT2D eigenvalue weighted by atomic mass is 16.2. The second kappa shape index (κ2) is 6.98. The summed E-state index contributed by atoms with van der Waals surface area (Å²) >= 11 is 0. The van der Waals surface area contributed by atoms with Crippen molar-refractivity contribution in [1.82, 2.24) is 10.6 Å². The summed E-state index contributed by atoms with van der Waals surface area (Å²) in [6.45, 7) is 3.60. The highest BCUT2D eigenvalue weighted by Gasteiger charge is 2.13. The lowest BCUT2D eigenvalue weighted by molar-refractivity contribution is 0.237. The molecule has 0 bridgehead atoms. The lowest BCUT2D eigenvalue weighted by atomic mass is 10.1. The molecule has 2 N–H and O–H groups in total. The molecule has 4 heteroatoms. The van der Waals surface area contributed by atoms with E-state index in [1.54, 1.807) is 0 Å². The molecule has 1 aliphatic rings. The molecule has 4 nitrogen and oxygen atoms in total. The normalized spacial score (nSPS) is 14.3. The van der Waals surface area contributed by atoms with E-state index in [2.05, 4.69) is 53.8 Å². The van der Waals surface area contributed by atoms with Gasteiger partial charge in [0.1, 0.15) is 0 Å². The zero-order chi connectivity index (χ0) is 14.4. The first-order valence-corrected chi connectivity index (χ1v) is 7.19. The maximum Gasteiger partial charge on any atom is 0.315 e. The second-order valence-electron chi connectivity index (χ2n) is 5.11. The van der Waals surface area contributed by atoms with Crippen LogP contribution < -0.4 is 15.5 Å². The van der Waals surface area contributed by atoms with Gasteiger partial charge in [0.05, 0.1) is 0 Å². The van der Waals surface area contributed by atoms with Gasteiger partial charge in [-0.1, -0.05) is 30.4 Å². The lowest BCUT2D eigenvalue weighted by Gasteiger charge is -2.21. The molecule has 0 heterocycles. The third-order valence-corrected chi connectivity index (χ3v) is 3.66. The van der Waals surface area contributed by atoms with Gasteiger partial charge >= 0.3 is 6.03 Å². The fourth-order valence-electron chi connectivity index (χ4n) is 2.35. The molecule has 1 aromatic rings. The van der Waals surface area contributed by atoms with Gasteiger partial charge in [0.2, 0.25) is 0 Å². The number of carbonyl (C=O) groups excluding carboxylic acids is 1. The minimum absolute atomic E-state index is 0.0901. The SMILES string of the molecule is CCN(C)c1ccccc1CNC(=O)NC1CC=CC1. The molecule has 0 aromatic heterocycles. The number of nitrogens with zero attached hydrogens (tertiary/aromatic N) is 1. The summed E-state index contributed by atoms with van der Waals surface area (Å²) in [5, 5.41) is 5.93. The fraction of sp³-hybridized carbons (Fsp3) is 0.438. The summed E-state index contributed by atoms with van der Waals surface area (Å²) in [7, 11) is 2.06. The fourth-order valence-corrected chi connectivity index (χ4v) is 2.35. The number of urea groups is 1. The third kappa shape index (κ3) is 3.76. The van der Waals surface area contributed by atoms with Crippen molar-refractivity contribution >= 4 is 11.7 Å². The molecule has 20 heavy (non-hydrogen) atoms. The van der Waals surface area contributed by atoms with Crippen LogP contribution in [0.15, 0.2) is 36.4 Å². The Balaban J connectivity index is 1.88. The van der Waals surface area contributed by atoms with E-state index < -0.39 is 0 Å². The molecule has 0 saturated carbocycles. The highest BCUT2D eigenvalue weighted by molar-refractivity contribution is 5.74. The summed E-state index contributed by atoms with van der Waals surface area (Å²) in [5.41, 5.74) is 2.30. The molecule has 1 aliphatic carbocycles. The molecule has 2 amide bonds. The van der Waals surface area contributed by atoms with Crippen molar-refractivity contribution in [2.24, 2.45) is 0 Å². The summed E-state index contributed by atoms with van der Waals surface area (Å²) in [6.07, 6.45) is 6.08. The molecule has 0 spiro atoms. The monoisotopic (exact) mass is 273 g/mol. The van der Waals surface area contributed by atoms with Gasteiger partial charge in [0, 0.05) is 31.9 Å². The quantitative estimate of drug-likeness (QED) is 0.810. The number of amides is 2. The van der Waals surface area contributed by atoms with E-state index in [4.69, 9.17) is 0 Å². The molecular formula is C16H23N3O. The smallest absolute Gasteiger partial charge is 0.315 e. The highest BCUT2D eigenvalue weighted by Crippen LogP contribution is 2.18. The average molecular weight is 273 g/mol. The van der Waals surface area contributed by atoms with Gasteiger partial charge in [0.15, 0.2) is 0 Å². The Bertz CT molecular complexity index is 476. The number of para-hydroxylation sites is 1. The van der Waals surface area contributed by atoms with E-state index in [0.29, 0.717) is 6.54 Å². The van der Waals surface area contributed by atoms with Gasteiger partial charge in [-0.2, -0.15) is 0 Å². The molecule has 0 radical (unpaired) electrons. The van der Waals surface area contributed by atoms with Crippen molar-refractivity contribution in [3.05, 3.63) is 42.0 Å². The number of anilines is 1. The Kier molecular flexibility index (Phi) is 5.04. The zero-order valence-corrected chi connectivity index (χ0v) is 12.2. The van der Waals surface area contributed by atoms with Gasteiger partial charge in [-0.05, 0) is 31.4 Å². The van der Waals surface area contributed by atoms with Crippen LogP contribution in [-0.2, 0) is 6.54 Å². The van der Waals surface area contributed by atoms with E-state index in [1.165, 1.54) is 0 Å². The molecule has 108 valence electrons. The predicted octanol–water partition coefficient (Wildman–Crippen LogP) is 2.66. The first-order chi connectivity index (χ1) is 9.70. The minimum Gasteiger partial charge on any atom is -0.375 e. The van der Waals surface area contributed by atoms with E-state index in [1.807, 2.05) is 12.1 Å². The van der Waals surface area contributed by atoms with Crippen LogP contribution >= 0.6 is 0 Å².